The lowest BCUT2D eigenvalue weighted by atomic mass is 10.0. The Bertz CT molecular complexity index is 1310. The third-order valence-electron chi connectivity index (χ3n) is 6.76. The highest BCUT2D eigenvalue weighted by Gasteiger charge is 2.29. The van der Waals surface area contributed by atoms with Gasteiger partial charge in [0, 0.05) is 49.7 Å². The molecule has 3 aromatic rings. The van der Waals surface area contributed by atoms with Crippen LogP contribution in [0.4, 0.5) is 11.6 Å². The van der Waals surface area contributed by atoms with E-state index in [0.717, 1.165) is 68.9 Å². The van der Waals surface area contributed by atoms with Crippen LogP contribution in [-0.2, 0) is 16.0 Å². The first-order valence-corrected chi connectivity index (χ1v) is 13.3. The van der Waals surface area contributed by atoms with Crippen LogP contribution >= 0.6 is 0 Å². The number of nitrogens with zero attached hydrogens (tertiary/aromatic N) is 4. The van der Waals surface area contributed by atoms with Crippen molar-refractivity contribution in [2.24, 2.45) is 5.92 Å². The van der Waals surface area contributed by atoms with E-state index in [0.29, 0.717) is 41.8 Å². The number of carbonyl (C=O) groups is 2. The molecule has 0 unspecified atom stereocenters. The van der Waals surface area contributed by atoms with Crippen LogP contribution in [0.25, 0.3) is 12.2 Å². The van der Waals surface area contributed by atoms with E-state index in [1.807, 2.05) is 43.3 Å². The van der Waals surface area contributed by atoms with E-state index in [1.165, 1.54) is 0 Å². The maximum Gasteiger partial charge on any atom is 0.181 e. The second kappa shape index (κ2) is 12.2. The molecule has 1 saturated carbocycles. The average Bonchev–Trinajstić information content (AvgIpc) is 3.70. The van der Waals surface area contributed by atoms with Crippen LogP contribution in [0.1, 0.15) is 58.8 Å². The van der Waals surface area contributed by atoms with Gasteiger partial charge < -0.3 is 10.1 Å². The molecule has 2 fully saturated rings. The molecule has 9 nitrogen and oxygen atoms in total. The summed E-state index contributed by atoms with van der Waals surface area (Å²) in [5.74, 6) is 2.11. The van der Waals surface area contributed by atoms with E-state index >= 15 is 0 Å². The Morgan fingerprint density at radius 1 is 1.11 bits per heavy atom. The van der Waals surface area contributed by atoms with Gasteiger partial charge in [-0.15, -0.1) is 0 Å². The van der Waals surface area contributed by atoms with E-state index in [2.05, 4.69) is 30.4 Å². The molecule has 0 bridgehead atoms. The molecule has 0 amide bonds. The molecule has 2 aliphatic rings. The lowest BCUT2D eigenvalue weighted by Gasteiger charge is -2.26. The van der Waals surface area contributed by atoms with Crippen molar-refractivity contribution in [2.45, 2.75) is 39.0 Å². The fraction of sp³-hybridized carbons (Fsp3) is 0.414. The Morgan fingerprint density at radius 3 is 2.71 bits per heavy atom. The monoisotopic (exact) mass is 514 g/mol. The number of aromatic nitrogens is 4. The molecule has 0 spiro atoms. The first-order chi connectivity index (χ1) is 18.5. The number of benzene rings is 1. The Balaban J connectivity index is 1.30. The Labute approximate surface area is 222 Å². The van der Waals surface area contributed by atoms with Gasteiger partial charge in [0.15, 0.2) is 17.4 Å². The van der Waals surface area contributed by atoms with Gasteiger partial charge in [0.2, 0.25) is 0 Å². The summed E-state index contributed by atoms with van der Waals surface area (Å²) in [5, 5.41) is 10.3. The molecule has 0 radical (unpaired) electrons. The number of ether oxygens (including phenoxy) is 1. The summed E-state index contributed by atoms with van der Waals surface area (Å²) >= 11 is 0. The van der Waals surface area contributed by atoms with Crippen molar-refractivity contribution in [3.63, 3.8) is 0 Å². The Hall–Kier alpha value is -3.69. The van der Waals surface area contributed by atoms with Gasteiger partial charge in [0.1, 0.15) is 17.3 Å². The maximum atomic E-state index is 13.1. The van der Waals surface area contributed by atoms with Crippen LogP contribution in [0.15, 0.2) is 36.4 Å². The van der Waals surface area contributed by atoms with Crippen molar-refractivity contribution in [1.82, 2.24) is 25.1 Å². The summed E-state index contributed by atoms with van der Waals surface area (Å²) in [6.45, 7) is 6.09. The summed E-state index contributed by atoms with van der Waals surface area (Å²) < 4.78 is 5.40. The number of aromatic amines is 1. The zero-order valence-electron chi connectivity index (χ0n) is 21.8. The van der Waals surface area contributed by atoms with E-state index < -0.39 is 0 Å². The minimum atomic E-state index is -0.0165. The highest BCUT2D eigenvalue weighted by molar-refractivity contribution is 5.95. The van der Waals surface area contributed by atoms with Crippen LogP contribution < -0.4 is 5.32 Å². The van der Waals surface area contributed by atoms with Crippen LogP contribution in [0.5, 0.6) is 0 Å². The lowest BCUT2D eigenvalue weighted by Crippen LogP contribution is -2.36. The molecule has 1 aromatic carbocycles. The van der Waals surface area contributed by atoms with Crippen molar-refractivity contribution in [3.8, 4) is 0 Å². The molecule has 1 aliphatic carbocycles. The van der Waals surface area contributed by atoms with Gasteiger partial charge in [-0.05, 0) is 49.9 Å². The molecule has 9 heteroatoms. The number of H-pyrrole nitrogens is 1. The topological polar surface area (TPSA) is 113 Å². The predicted molar refractivity (Wildman–Crippen MR) is 146 cm³/mol. The van der Waals surface area contributed by atoms with Gasteiger partial charge in [-0.2, -0.15) is 5.10 Å². The molecule has 0 atom stereocenters. The molecular formula is C29H34N6O3. The minimum absolute atomic E-state index is 0.0165. The highest BCUT2D eigenvalue weighted by atomic mass is 16.5. The summed E-state index contributed by atoms with van der Waals surface area (Å²) in [6, 6.07) is 11.5. The normalized spacial score (nSPS) is 16.1. The summed E-state index contributed by atoms with van der Waals surface area (Å²) in [6.07, 6.45) is 7.40. The van der Waals surface area contributed by atoms with Crippen molar-refractivity contribution < 1.29 is 14.3 Å². The summed E-state index contributed by atoms with van der Waals surface area (Å²) in [7, 11) is 0. The molecule has 2 aromatic heterocycles. The fourth-order valence-corrected chi connectivity index (χ4v) is 4.50. The number of nitrogens with one attached hydrogen (secondary N) is 2. The Morgan fingerprint density at radius 2 is 1.95 bits per heavy atom. The largest absolute Gasteiger partial charge is 0.379 e. The van der Waals surface area contributed by atoms with Crippen molar-refractivity contribution in [2.75, 3.05) is 38.2 Å². The quantitative estimate of drug-likeness (QED) is 0.345. The van der Waals surface area contributed by atoms with Gasteiger partial charge in [0.05, 0.1) is 13.2 Å². The van der Waals surface area contributed by atoms with Gasteiger partial charge in [-0.25, -0.2) is 9.97 Å². The highest BCUT2D eigenvalue weighted by Crippen LogP contribution is 2.31. The second-order valence-electron chi connectivity index (χ2n) is 10.0. The Kier molecular flexibility index (Phi) is 8.35. The van der Waals surface area contributed by atoms with E-state index in [9.17, 15) is 9.59 Å². The molecule has 1 aliphatic heterocycles. The summed E-state index contributed by atoms with van der Waals surface area (Å²) in [4.78, 5) is 36.8. The van der Waals surface area contributed by atoms with E-state index in [1.54, 1.807) is 12.1 Å². The van der Waals surface area contributed by atoms with Gasteiger partial charge >= 0.3 is 0 Å². The van der Waals surface area contributed by atoms with E-state index in [-0.39, 0.29) is 11.7 Å². The number of anilines is 2. The van der Waals surface area contributed by atoms with Crippen LogP contribution in [0.3, 0.4) is 0 Å². The first kappa shape index (κ1) is 25.9. The maximum absolute atomic E-state index is 13.1. The number of carbonyl (C=O) groups excluding carboxylic acids is 2. The third kappa shape index (κ3) is 7.43. The zero-order chi connectivity index (χ0) is 26.3. The van der Waals surface area contributed by atoms with Crippen LogP contribution in [-0.4, -0.2) is 69.5 Å². The number of morpholine rings is 1. The average molecular weight is 515 g/mol. The van der Waals surface area contributed by atoms with E-state index in [4.69, 9.17) is 4.74 Å². The first-order valence-electron chi connectivity index (χ1n) is 13.3. The zero-order valence-corrected chi connectivity index (χ0v) is 21.8. The minimum Gasteiger partial charge on any atom is -0.379 e. The van der Waals surface area contributed by atoms with Gasteiger partial charge in [-0.1, -0.05) is 30.3 Å². The molecule has 198 valence electrons. The number of rotatable bonds is 12. The van der Waals surface area contributed by atoms with Crippen molar-refractivity contribution in [3.05, 3.63) is 64.7 Å². The second-order valence-corrected chi connectivity index (χ2v) is 10.0. The molecule has 3 heterocycles. The predicted octanol–water partition coefficient (Wildman–Crippen LogP) is 4.24. The standard InChI is InChI=1S/C29H34N6O3/c1-20-16-29(34-33-20)32-28-19-24(25(36)6-3-11-35-12-14-38-15-13-35)30-27(31-28)10-7-21-4-2-5-22(17-21)18-26(37)23-8-9-23/h2,4-5,7,10,16-17,19,23H,3,6,8-9,11-15,18H2,1H3,(H2,30,31,32,33,34)/b10-7+. The molecule has 1 saturated heterocycles. The van der Waals surface area contributed by atoms with Crippen molar-refractivity contribution >= 4 is 35.4 Å². The molecule has 5 rings (SSSR count). The molecule has 38 heavy (non-hydrogen) atoms. The number of Topliss-reactive ketones (excluding diaryl/α,β-unsaturated/α-hetero) is 2. The number of hydrogen-bond acceptors (Lipinski definition) is 8. The molecular weight excluding hydrogens is 480 g/mol. The fourth-order valence-electron chi connectivity index (χ4n) is 4.50. The number of hydrogen-bond donors (Lipinski definition) is 2. The summed E-state index contributed by atoms with van der Waals surface area (Å²) in [5.41, 5.74) is 3.25. The third-order valence-corrected chi connectivity index (χ3v) is 6.76. The van der Waals surface area contributed by atoms with Crippen LogP contribution in [0.2, 0.25) is 0 Å². The van der Waals surface area contributed by atoms with Gasteiger partial charge in [-0.3, -0.25) is 19.6 Å². The van der Waals surface area contributed by atoms with Crippen LogP contribution in [0, 0.1) is 12.8 Å². The SMILES string of the molecule is Cc1cc(Nc2cc(C(=O)CCCN3CCOCC3)nc(/C=C/c3cccc(CC(=O)C4CC4)c3)n2)n[nH]1. The van der Waals surface area contributed by atoms with Crippen molar-refractivity contribution in [1.29, 1.82) is 0 Å². The number of ketones is 2. The smallest absolute Gasteiger partial charge is 0.181 e. The molecule has 2 N–H and O–H groups in total. The van der Waals surface area contributed by atoms with Gasteiger partial charge in [0.25, 0.3) is 0 Å². The lowest BCUT2D eigenvalue weighted by molar-refractivity contribution is -0.119. The number of aryl methyl sites for hydroxylation is 1.